The standard InChI is InChI=1S/C13H10F6N2/c1-3-6-21(8-12(14,15)16)9-4-5-11(20-2)10(7-9)13(17,18)19/h3-5,7H,1,6,8H2. The van der Waals surface area contributed by atoms with Crippen LogP contribution in [0.25, 0.3) is 4.85 Å². The molecule has 2 nitrogen and oxygen atoms in total. The van der Waals surface area contributed by atoms with Gasteiger partial charge in [-0.3, -0.25) is 0 Å². The van der Waals surface area contributed by atoms with Gasteiger partial charge in [-0.1, -0.05) is 12.1 Å². The number of nitrogens with zero attached hydrogens (tertiary/aromatic N) is 2. The van der Waals surface area contributed by atoms with Crippen molar-refractivity contribution in [2.75, 3.05) is 18.0 Å². The van der Waals surface area contributed by atoms with Crippen LogP contribution < -0.4 is 4.90 Å². The maximum absolute atomic E-state index is 12.8. The van der Waals surface area contributed by atoms with Gasteiger partial charge in [-0.25, -0.2) is 4.85 Å². The summed E-state index contributed by atoms with van der Waals surface area (Å²) in [4.78, 5) is 3.43. The highest BCUT2D eigenvalue weighted by molar-refractivity contribution is 5.62. The summed E-state index contributed by atoms with van der Waals surface area (Å²) in [5.74, 6) is 0. The van der Waals surface area contributed by atoms with Gasteiger partial charge in [0.05, 0.1) is 12.1 Å². The lowest BCUT2D eigenvalue weighted by molar-refractivity contribution is -0.136. The number of alkyl halides is 6. The molecule has 0 aliphatic heterocycles. The summed E-state index contributed by atoms with van der Waals surface area (Å²) < 4.78 is 75.7. The fourth-order valence-electron chi connectivity index (χ4n) is 1.68. The highest BCUT2D eigenvalue weighted by atomic mass is 19.4. The van der Waals surface area contributed by atoms with E-state index < -0.39 is 30.1 Å². The largest absolute Gasteiger partial charge is 0.407 e. The Labute approximate surface area is 117 Å². The molecule has 114 valence electrons. The minimum Gasteiger partial charge on any atom is -0.359 e. The molecule has 0 heterocycles. The number of benzene rings is 1. The Morgan fingerprint density at radius 2 is 1.81 bits per heavy atom. The van der Waals surface area contributed by atoms with Crippen LogP contribution >= 0.6 is 0 Å². The Hall–Kier alpha value is -2.17. The molecule has 0 unspecified atom stereocenters. The topological polar surface area (TPSA) is 7.60 Å². The summed E-state index contributed by atoms with van der Waals surface area (Å²) in [6.07, 6.45) is -8.23. The van der Waals surface area contributed by atoms with Gasteiger partial charge in [0.1, 0.15) is 6.54 Å². The van der Waals surface area contributed by atoms with Gasteiger partial charge >= 0.3 is 12.4 Å². The molecular formula is C13H10F6N2. The van der Waals surface area contributed by atoms with Gasteiger partial charge in [-0.15, -0.1) is 6.58 Å². The molecule has 0 amide bonds. The van der Waals surface area contributed by atoms with Crippen molar-refractivity contribution in [1.29, 1.82) is 0 Å². The van der Waals surface area contributed by atoms with Crippen LogP contribution in [0.2, 0.25) is 0 Å². The first kappa shape index (κ1) is 16.9. The molecule has 0 bridgehead atoms. The Bertz CT molecular complexity index is 553. The molecule has 0 aliphatic rings. The summed E-state index contributed by atoms with van der Waals surface area (Å²) in [5.41, 5.74) is -2.19. The summed E-state index contributed by atoms with van der Waals surface area (Å²) in [6, 6.07) is 2.46. The van der Waals surface area contributed by atoms with E-state index in [1.54, 1.807) is 0 Å². The van der Waals surface area contributed by atoms with Crippen LogP contribution in [-0.2, 0) is 6.18 Å². The number of halogens is 6. The van der Waals surface area contributed by atoms with Crippen LogP contribution in [0.15, 0.2) is 30.9 Å². The molecule has 0 fully saturated rings. The second kappa shape index (κ2) is 6.08. The predicted octanol–water partition coefficient (Wildman–Crippen LogP) is 4.81. The van der Waals surface area contributed by atoms with Crippen molar-refractivity contribution in [2.45, 2.75) is 12.4 Å². The molecule has 1 aromatic carbocycles. The Kier molecular flexibility index (Phi) is 4.88. The third-order valence-electron chi connectivity index (χ3n) is 2.49. The zero-order valence-corrected chi connectivity index (χ0v) is 10.6. The summed E-state index contributed by atoms with van der Waals surface area (Å²) in [7, 11) is 0. The molecular weight excluding hydrogens is 298 g/mol. The van der Waals surface area contributed by atoms with Gasteiger partial charge in [-0.05, 0) is 12.1 Å². The quantitative estimate of drug-likeness (QED) is 0.440. The average Bonchev–Trinajstić information content (AvgIpc) is 2.35. The SMILES string of the molecule is [C-]#[N+]c1ccc(N(CC=C)CC(F)(F)F)cc1C(F)(F)F. The summed E-state index contributed by atoms with van der Waals surface area (Å²) in [6.45, 7) is 8.29. The number of rotatable bonds is 4. The van der Waals surface area contributed by atoms with Gasteiger partial charge in [-0.2, -0.15) is 26.3 Å². The molecule has 0 N–H and O–H groups in total. The third-order valence-corrected chi connectivity index (χ3v) is 2.49. The van der Waals surface area contributed by atoms with Crippen LogP contribution in [-0.4, -0.2) is 19.3 Å². The van der Waals surface area contributed by atoms with Crippen molar-refractivity contribution in [3.63, 3.8) is 0 Å². The van der Waals surface area contributed by atoms with Crippen molar-refractivity contribution in [3.8, 4) is 0 Å². The van der Waals surface area contributed by atoms with Crippen LogP contribution in [0.4, 0.5) is 37.7 Å². The molecule has 0 saturated heterocycles. The Balaban J connectivity index is 3.28. The van der Waals surface area contributed by atoms with Crippen LogP contribution in [0.5, 0.6) is 0 Å². The van der Waals surface area contributed by atoms with E-state index in [1.807, 2.05) is 0 Å². The van der Waals surface area contributed by atoms with Gasteiger partial charge in [0.25, 0.3) is 0 Å². The van der Waals surface area contributed by atoms with Crippen LogP contribution in [0.1, 0.15) is 5.56 Å². The van der Waals surface area contributed by atoms with Gasteiger partial charge < -0.3 is 4.90 Å². The molecule has 0 aromatic heterocycles. The number of anilines is 1. The normalized spacial score (nSPS) is 11.9. The van der Waals surface area contributed by atoms with E-state index in [-0.39, 0.29) is 12.2 Å². The zero-order chi connectivity index (χ0) is 16.3. The fourth-order valence-corrected chi connectivity index (χ4v) is 1.68. The minimum absolute atomic E-state index is 0.270. The predicted molar refractivity (Wildman–Crippen MR) is 66.2 cm³/mol. The molecule has 1 aromatic rings. The lowest BCUT2D eigenvalue weighted by Crippen LogP contribution is -2.34. The first-order chi connectivity index (χ1) is 9.58. The van der Waals surface area contributed by atoms with Crippen LogP contribution in [0.3, 0.4) is 0 Å². The molecule has 8 heteroatoms. The number of hydrogen-bond donors (Lipinski definition) is 0. The zero-order valence-electron chi connectivity index (χ0n) is 10.6. The molecule has 21 heavy (non-hydrogen) atoms. The Morgan fingerprint density at radius 3 is 2.24 bits per heavy atom. The molecule has 0 spiro atoms. The van der Waals surface area contributed by atoms with Crippen molar-refractivity contribution >= 4 is 11.4 Å². The molecule has 1 rings (SSSR count). The molecule has 0 saturated carbocycles. The van der Waals surface area contributed by atoms with E-state index in [2.05, 4.69) is 11.4 Å². The second-order valence-corrected chi connectivity index (χ2v) is 4.10. The monoisotopic (exact) mass is 308 g/mol. The van der Waals surface area contributed by atoms with E-state index >= 15 is 0 Å². The lowest BCUT2D eigenvalue weighted by Gasteiger charge is -2.25. The van der Waals surface area contributed by atoms with E-state index in [9.17, 15) is 26.3 Å². The maximum Gasteiger partial charge on any atom is 0.407 e. The van der Waals surface area contributed by atoms with E-state index in [4.69, 9.17) is 6.57 Å². The second-order valence-electron chi connectivity index (χ2n) is 4.10. The average molecular weight is 308 g/mol. The van der Waals surface area contributed by atoms with Crippen molar-refractivity contribution in [1.82, 2.24) is 0 Å². The van der Waals surface area contributed by atoms with E-state index in [0.717, 1.165) is 18.2 Å². The minimum atomic E-state index is -4.81. The van der Waals surface area contributed by atoms with Crippen molar-refractivity contribution in [2.24, 2.45) is 0 Å². The van der Waals surface area contributed by atoms with Gasteiger partial charge in [0.15, 0.2) is 5.69 Å². The van der Waals surface area contributed by atoms with E-state index in [1.165, 1.54) is 0 Å². The highest BCUT2D eigenvalue weighted by Crippen LogP contribution is 2.39. The van der Waals surface area contributed by atoms with Gasteiger partial charge in [0, 0.05) is 12.2 Å². The maximum atomic E-state index is 12.8. The summed E-state index contributed by atoms with van der Waals surface area (Å²) >= 11 is 0. The van der Waals surface area contributed by atoms with Crippen molar-refractivity contribution < 1.29 is 26.3 Å². The first-order valence-corrected chi connectivity index (χ1v) is 5.60. The first-order valence-electron chi connectivity index (χ1n) is 5.60. The molecule has 0 aliphatic carbocycles. The lowest BCUT2D eigenvalue weighted by atomic mass is 10.1. The summed E-state index contributed by atoms with van der Waals surface area (Å²) in [5, 5.41) is 0. The fraction of sp³-hybridized carbons (Fsp3) is 0.308. The number of hydrogen-bond acceptors (Lipinski definition) is 1. The molecule has 0 atom stereocenters. The Morgan fingerprint density at radius 1 is 1.19 bits per heavy atom. The highest BCUT2D eigenvalue weighted by Gasteiger charge is 2.35. The van der Waals surface area contributed by atoms with Gasteiger partial charge in [0.2, 0.25) is 0 Å². The van der Waals surface area contributed by atoms with E-state index in [0.29, 0.717) is 11.0 Å². The van der Waals surface area contributed by atoms with Crippen molar-refractivity contribution in [3.05, 3.63) is 47.8 Å². The van der Waals surface area contributed by atoms with Crippen LogP contribution in [0, 0.1) is 6.57 Å². The molecule has 0 radical (unpaired) electrons. The third kappa shape index (κ3) is 4.70. The smallest absolute Gasteiger partial charge is 0.359 e.